The van der Waals surface area contributed by atoms with Crippen LogP contribution in [0.1, 0.15) is 33.5 Å². The summed E-state index contributed by atoms with van der Waals surface area (Å²) in [6.07, 6.45) is 3.82. The third-order valence-corrected chi connectivity index (χ3v) is 4.50. The number of alkyl halides is 2. The normalized spacial score (nSPS) is 12.8. The van der Waals surface area contributed by atoms with Gasteiger partial charge in [0.25, 0.3) is 5.91 Å². The van der Waals surface area contributed by atoms with Crippen LogP contribution in [-0.4, -0.2) is 26.2 Å². The molecule has 2 aromatic rings. The van der Waals surface area contributed by atoms with Crippen molar-refractivity contribution < 1.29 is 23.0 Å². The second-order valence-electron chi connectivity index (χ2n) is 6.21. The van der Waals surface area contributed by atoms with E-state index in [1.807, 2.05) is 18.2 Å². The van der Waals surface area contributed by atoms with Crippen molar-refractivity contribution in [3.8, 4) is 11.5 Å². The highest BCUT2D eigenvalue weighted by Crippen LogP contribution is 2.29. The van der Waals surface area contributed by atoms with Gasteiger partial charge in [-0.15, -0.1) is 0 Å². The van der Waals surface area contributed by atoms with Crippen molar-refractivity contribution in [1.29, 1.82) is 0 Å². The maximum atomic E-state index is 12.3. The highest BCUT2D eigenvalue weighted by atomic mass is 19.3. The van der Waals surface area contributed by atoms with Crippen LogP contribution in [-0.2, 0) is 19.3 Å². The fraction of sp³-hybridized carbons (Fsp3) is 0.350. The molecule has 0 fully saturated rings. The molecule has 1 amide bonds. The zero-order valence-electron chi connectivity index (χ0n) is 14.6. The number of methoxy groups -OCH3 is 1. The number of aryl methyl sites for hydroxylation is 2. The van der Waals surface area contributed by atoms with Gasteiger partial charge in [-0.3, -0.25) is 4.79 Å². The lowest BCUT2D eigenvalue weighted by molar-refractivity contribution is -0.0512. The Morgan fingerprint density at radius 2 is 1.92 bits per heavy atom. The van der Waals surface area contributed by atoms with E-state index in [1.54, 1.807) is 12.1 Å². The summed E-state index contributed by atoms with van der Waals surface area (Å²) in [5.41, 5.74) is 4.12. The smallest absolute Gasteiger partial charge is 0.387 e. The SMILES string of the molecule is COc1cc(CCNC(=O)c2ccc3c(c2)CCC3)ccc1OC(F)F. The van der Waals surface area contributed by atoms with Gasteiger partial charge in [0.1, 0.15) is 0 Å². The molecule has 0 unspecified atom stereocenters. The quantitative estimate of drug-likeness (QED) is 0.817. The van der Waals surface area contributed by atoms with E-state index < -0.39 is 6.61 Å². The van der Waals surface area contributed by atoms with Gasteiger partial charge < -0.3 is 14.8 Å². The molecule has 0 heterocycles. The lowest BCUT2D eigenvalue weighted by Crippen LogP contribution is -2.25. The molecule has 0 saturated heterocycles. The Morgan fingerprint density at radius 3 is 2.69 bits per heavy atom. The average molecular weight is 361 g/mol. The molecule has 0 radical (unpaired) electrons. The number of ether oxygens (including phenoxy) is 2. The van der Waals surface area contributed by atoms with Gasteiger partial charge in [-0.1, -0.05) is 12.1 Å². The van der Waals surface area contributed by atoms with Crippen LogP contribution in [0.5, 0.6) is 11.5 Å². The second-order valence-corrected chi connectivity index (χ2v) is 6.21. The van der Waals surface area contributed by atoms with Crippen molar-refractivity contribution in [1.82, 2.24) is 5.32 Å². The molecule has 0 saturated carbocycles. The lowest BCUT2D eigenvalue weighted by atomic mass is 10.1. The number of amides is 1. The molecule has 138 valence electrons. The van der Waals surface area contributed by atoms with E-state index in [-0.39, 0.29) is 17.4 Å². The van der Waals surface area contributed by atoms with Crippen molar-refractivity contribution in [3.63, 3.8) is 0 Å². The zero-order valence-corrected chi connectivity index (χ0v) is 14.6. The number of carbonyl (C=O) groups is 1. The summed E-state index contributed by atoms with van der Waals surface area (Å²) in [6.45, 7) is -2.46. The van der Waals surface area contributed by atoms with Gasteiger partial charge in [-0.05, 0) is 66.6 Å². The second kappa shape index (κ2) is 8.17. The van der Waals surface area contributed by atoms with Crippen molar-refractivity contribution in [3.05, 3.63) is 58.7 Å². The molecule has 2 aromatic carbocycles. The summed E-state index contributed by atoms with van der Waals surface area (Å²) in [5, 5.41) is 2.89. The van der Waals surface area contributed by atoms with Crippen molar-refractivity contribution in [2.45, 2.75) is 32.3 Å². The first-order chi connectivity index (χ1) is 12.6. The summed E-state index contributed by atoms with van der Waals surface area (Å²) < 4.78 is 34.2. The molecule has 26 heavy (non-hydrogen) atoms. The lowest BCUT2D eigenvalue weighted by Gasteiger charge is -2.12. The largest absolute Gasteiger partial charge is 0.493 e. The van der Waals surface area contributed by atoms with E-state index in [0.29, 0.717) is 18.5 Å². The minimum Gasteiger partial charge on any atom is -0.493 e. The highest BCUT2D eigenvalue weighted by molar-refractivity contribution is 5.94. The fourth-order valence-corrected chi connectivity index (χ4v) is 3.20. The summed E-state index contributed by atoms with van der Waals surface area (Å²) in [5.74, 6) is 0.130. The van der Waals surface area contributed by atoms with Crippen LogP contribution < -0.4 is 14.8 Å². The van der Waals surface area contributed by atoms with E-state index in [2.05, 4.69) is 10.1 Å². The number of benzene rings is 2. The molecule has 3 rings (SSSR count). The molecule has 0 bridgehead atoms. The van der Waals surface area contributed by atoms with Crippen LogP contribution in [0.25, 0.3) is 0 Å². The van der Waals surface area contributed by atoms with Crippen LogP contribution in [0.4, 0.5) is 8.78 Å². The molecule has 1 aliphatic rings. The molecular formula is C20H21F2NO3. The van der Waals surface area contributed by atoms with Crippen LogP contribution in [0.15, 0.2) is 36.4 Å². The molecule has 4 nitrogen and oxygen atoms in total. The summed E-state index contributed by atoms with van der Waals surface area (Å²) in [7, 11) is 1.40. The van der Waals surface area contributed by atoms with Gasteiger partial charge in [-0.25, -0.2) is 0 Å². The molecule has 6 heteroatoms. The Bertz CT molecular complexity index is 793. The molecule has 1 aliphatic carbocycles. The number of halogens is 2. The van der Waals surface area contributed by atoms with Gasteiger partial charge in [0.15, 0.2) is 11.5 Å². The number of rotatable bonds is 7. The van der Waals surface area contributed by atoms with E-state index in [4.69, 9.17) is 4.74 Å². The van der Waals surface area contributed by atoms with E-state index in [0.717, 1.165) is 24.8 Å². The summed E-state index contributed by atoms with van der Waals surface area (Å²) in [4.78, 5) is 12.3. The minimum atomic E-state index is -2.90. The number of fused-ring (bicyclic) bond motifs is 1. The van der Waals surface area contributed by atoms with E-state index in [1.165, 1.54) is 24.3 Å². The van der Waals surface area contributed by atoms with Crippen LogP contribution in [0, 0.1) is 0 Å². The Kier molecular flexibility index (Phi) is 5.71. The monoisotopic (exact) mass is 361 g/mol. The third-order valence-electron chi connectivity index (χ3n) is 4.50. The Labute approximate surface area is 151 Å². The molecule has 0 aromatic heterocycles. The van der Waals surface area contributed by atoms with Gasteiger partial charge in [0, 0.05) is 12.1 Å². The highest BCUT2D eigenvalue weighted by Gasteiger charge is 2.14. The van der Waals surface area contributed by atoms with Crippen molar-refractivity contribution in [2.75, 3.05) is 13.7 Å². The third kappa shape index (κ3) is 4.31. The average Bonchev–Trinajstić information content (AvgIpc) is 3.10. The number of hydrogen-bond acceptors (Lipinski definition) is 3. The predicted molar refractivity (Wildman–Crippen MR) is 94.1 cm³/mol. The van der Waals surface area contributed by atoms with E-state index in [9.17, 15) is 13.6 Å². The maximum Gasteiger partial charge on any atom is 0.387 e. The standard InChI is InChI=1S/C20H21F2NO3/c1-25-18-11-13(5-8-17(18)26-20(21)22)9-10-23-19(24)16-7-6-14-3-2-4-15(14)12-16/h5-8,11-12,20H,2-4,9-10H2,1H3,(H,23,24). The molecule has 1 N–H and O–H groups in total. The number of hydrogen-bond donors (Lipinski definition) is 1. The van der Waals surface area contributed by atoms with Gasteiger partial charge in [0.05, 0.1) is 7.11 Å². The van der Waals surface area contributed by atoms with Gasteiger partial charge in [-0.2, -0.15) is 8.78 Å². The number of carbonyl (C=O) groups excluding carboxylic acids is 1. The first-order valence-electron chi connectivity index (χ1n) is 8.58. The van der Waals surface area contributed by atoms with Crippen LogP contribution >= 0.6 is 0 Å². The summed E-state index contributed by atoms with van der Waals surface area (Å²) in [6, 6.07) is 10.6. The van der Waals surface area contributed by atoms with Crippen LogP contribution in [0.3, 0.4) is 0 Å². The van der Waals surface area contributed by atoms with Crippen LogP contribution in [0.2, 0.25) is 0 Å². The van der Waals surface area contributed by atoms with Gasteiger partial charge >= 0.3 is 6.61 Å². The molecule has 0 spiro atoms. The van der Waals surface area contributed by atoms with Crippen molar-refractivity contribution in [2.24, 2.45) is 0 Å². The number of nitrogens with one attached hydrogen (secondary N) is 1. The molecule has 0 atom stereocenters. The predicted octanol–water partition coefficient (Wildman–Crippen LogP) is 3.76. The van der Waals surface area contributed by atoms with Crippen molar-refractivity contribution >= 4 is 5.91 Å². The van der Waals surface area contributed by atoms with E-state index >= 15 is 0 Å². The zero-order chi connectivity index (χ0) is 18.5. The van der Waals surface area contributed by atoms with Gasteiger partial charge in [0.2, 0.25) is 0 Å². The summed E-state index contributed by atoms with van der Waals surface area (Å²) >= 11 is 0. The maximum absolute atomic E-state index is 12.3. The Hall–Kier alpha value is -2.63. The minimum absolute atomic E-state index is 0.00609. The molecule has 0 aliphatic heterocycles. The fourth-order valence-electron chi connectivity index (χ4n) is 3.20. The Morgan fingerprint density at radius 1 is 1.12 bits per heavy atom. The Balaban J connectivity index is 1.56. The first-order valence-corrected chi connectivity index (χ1v) is 8.58. The molecular weight excluding hydrogens is 340 g/mol. The first kappa shape index (κ1) is 18.2. The topological polar surface area (TPSA) is 47.6 Å².